The Kier molecular flexibility index (Phi) is 4.93. The van der Waals surface area contributed by atoms with E-state index in [1.165, 1.54) is 26.4 Å². The molecule has 132 valence electrons. The normalized spacial score (nSPS) is 10.2. The molecule has 0 aliphatic rings. The van der Waals surface area contributed by atoms with Crippen molar-refractivity contribution in [2.75, 3.05) is 14.2 Å². The number of pyridine rings is 1. The molecule has 0 fully saturated rings. The zero-order valence-electron chi connectivity index (χ0n) is 14.0. The summed E-state index contributed by atoms with van der Waals surface area (Å²) in [5.41, 5.74) is 1.18. The van der Waals surface area contributed by atoms with Crippen molar-refractivity contribution < 1.29 is 24.1 Å². The van der Waals surface area contributed by atoms with Gasteiger partial charge in [0.25, 0.3) is 0 Å². The highest BCUT2D eigenvalue weighted by Gasteiger charge is 2.20. The summed E-state index contributed by atoms with van der Waals surface area (Å²) in [5, 5.41) is 9.70. The largest absolute Gasteiger partial charge is 0.481 e. The van der Waals surface area contributed by atoms with Crippen molar-refractivity contribution in [2.45, 2.75) is 0 Å². The molecule has 1 N–H and O–H groups in total. The smallest absolute Gasteiger partial charge is 0.340 e. The molecule has 0 amide bonds. The van der Waals surface area contributed by atoms with Crippen LogP contribution in [0.2, 0.25) is 0 Å². The first-order valence-electron chi connectivity index (χ1n) is 7.54. The van der Waals surface area contributed by atoms with Gasteiger partial charge >= 0.3 is 12.0 Å². The first kappa shape index (κ1) is 17.2. The van der Waals surface area contributed by atoms with E-state index >= 15 is 0 Å². The molecule has 0 radical (unpaired) electrons. The van der Waals surface area contributed by atoms with Crippen LogP contribution in [0.25, 0.3) is 11.1 Å². The molecule has 1 aromatic carbocycles. The van der Waals surface area contributed by atoms with Crippen LogP contribution in [-0.4, -0.2) is 40.2 Å². The molecule has 2 heterocycles. The van der Waals surface area contributed by atoms with E-state index < -0.39 is 5.97 Å². The first-order chi connectivity index (χ1) is 12.6. The van der Waals surface area contributed by atoms with Gasteiger partial charge in [-0.25, -0.2) is 4.79 Å². The van der Waals surface area contributed by atoms with E-state index in [0.29, 0.717) is 11.1 Å². The van der Waals surface area contributed by atoms with Crippen LogP contribution in [0, 0.1) is 0 Å². The summed E-state index contributed by atoms with van der Waals surface area (Å²) in [5.74, 6) is -0.576. The molecule has 0 saturated heterocycles. The fourth-order valence-electron chi connectivity index (χ4n) is 2.35. The number of rotatable bonds is 6. The summed E-state index contributed by atoms with van der Waals surface area (Å²) in [6.07, 6.45) is 3.18. The zero-order valence-corrected chi connectivity index (χ0v) is 14.0. The predicted molar refractivity (Wildman–Crippen MR) is 91.8 cm³/mol. The van der Waals surface area contributed by atoms with E-state index in [9.17, 15) is 9.90 Å². The quantitative estimate of drug-likeness (QED) is 0.721. The summed E-state index contributed by atoms with van der Waals surface area (Å²) < 4.78 is 15.8. The van der Waals surface area contributed by atoms with Crippen molar-refractivity contribution in [1.29, 1.82) is 0 Å². The number of hydrogen-bond acceptors (Lipinski definition) is 7. The monoisotopic (exact) mass is 353 g/mol. The molecule has 0 spiro atoms. The van der Waals surface area contributed by atoms with Crippen molar-refractivity contribution in [3.05, 3.63) is 54.4 Å². The molecule has 0 aliphatic heterocycles. The Labute approximate surface area is 149 Å². The van der Waals surface area contributed by atoms with Gasteiger partial charge in [-0.2, -0.15) is 9.97 Å². The highest BCUT2D eigenvalue weighted by Crippen LogP contribution is 2.33. The third kappa shape index (κ3) is 3.54. The fraction of sp³-hybridized carbons (Fsp3) is 0.111. The van der Waals surface area contributed by atoms with E-state index in [4.69, 9.17) is 14.2 Å². The molecule has 0 saturated carbocycles. The molecule has 3 aromatic rings. The molecule has 0 aliphatic carbocycles. The van der Waals surface area contributed by atoms with Gasteiger partial charge in [-0.15, -0.1) is 0 Å². The van der Waals surface area contributed by atoms with E-state index in [-0.39, 0.29) is 29.1 Å². The second kappa shape index (κ2) is 7.47. The third-order valence-corrected chi connectivity index (χ3v) is 3.51. The number of carboxylic acids is 1. The number of hydrogen-bond donors (Lipinski definition) is 1. The number of aromatic nitrogens is 3. The standard InChI is InChI=1S/C18H15N3O5/c1-24-14-10-15(25-2)21-18(20-14)26-13-5-3-4-12(16(13)17(22)23)11-6-8-19-9-7-11/h3-10H,1-2H3,(H,22,23). The lowest BCUT2D eigenvalue weighted by molar-refractivity contribution is 0.0695. The van der Waals surface area contributed by atoms with Gasteiger partial charge in [0.1, 0.15) is 11.3 Å². The van der Waals surface area contributed by atoms with Crippen LogP contribution in [0.4, 0.5) is 0 Å². The second-order valence-corrected chi connectivity index (χ2v) is 5.06. The van der Waals surface area contributed by atoms with Crippen molar-refractivity contribution in [1.82, 2.24) is 15.0 Å². The molecule has 2 aromatic heterocycles. The Bertz CT molecular complexity index is 909. The minimum absolute atomic E-state index is 0.0101. The number of benzene rings is 1. The highest BCUT2D eigenvalue weighted by molar-refractivity contribution is 5.99. The van der Waals surface area contributed by atoms with Gasteiger partial charge in [-0.05, 0) is 23.8 Å². The van der Waals surface area contributed by atoms with Crippen molar-refractivity contribution in [2.24, 2.45) is 0 Å². The Morgan fingerprint density at radius 3 is 2.23 bits per heavy atom. The number of ether oxygens (including phenoxy) is 3. The van der Waals surface area contributed by atoms with Crippen LogP contribution in [0.5, 0.6) is 23.5 Å². The zero-order chi connectivity index (χ0) is 18.5. The molecule has 8 heteroatoms. The van der Waals surface area contributed by atoms with Crippen LogP contribution in [0.1, 0.15) is 10.4 Å². The number of aromatic carboxylic acids is 1. The molecule has 8 nitrogen and oxygen atoms in total. The van der Waals surface area contributed by atoms with Crippen molar-refractivity contribution in [3.8, 4) is 34.6 Å². The second-order valence-electron chi connectivity index (χ2n) is 5.06. The van der Waals surface area contributed by atoms with Gasteiger partial charge in [0.15, 0.2) is 0 Å². The van der Waals surface area contributed by atoms with Crippen LogP contribution in [0.15, 0.2) is 48.8 Å². The number of carboxylic acid groups (broad SMARTS) is 1. The molecule has 0 atom stereocenters. The topological polar surface area (TPSA) is 104 Å². The number of nitrogens with zero attached hydrogens (tertiary/aromatic N) is 3. The highest BCUT2D eigenvalue weighted by atomic mass is 16.5. The van der Waals surface area contributed by atoms with Gasteiger partial charge in [-0.1, -0.05) is 12.1 Å². The maximum absolute atomic E-state index is 11.9. The molecular formula is C18H15N3O5. The summed E-state index contributed by atoms with van der Waals surface area (Å²) in [7, 11) is 2.89. The maximum atomic E-state index is 11.9. The maximum Gasteiger partial charge on any atom is 0.340 e. The van der Waals surface area contributed by atoms with Gasteiger partial charge in [0.05, 0.1) is 20.3 Å². The van der Waals surface area contributed by atoms with Gasteiger partial charge in [-0.3, -0.25) is 4.98 Å². The fourth-order valence-corrected chi connectivity index (χ4v) is 2.35. The van der Waals surface area contributed by atoms with Gasteiger partial charge in [0.2, 0.25) is 11.8 Å². The minimum Gasteiger partial charge on any atom is -0.481 e. The van der Waals surface area contributed by atoms with Gasteiger partial charge < -0.3 is 19.3 Å². The molecule has 26 heavy (non-hydrogen) atoms. The summed E-state index contributed by atoms with van der Waals surface area (Å²) in [6.45, 7) is 0. The van der Waals surface area contributed by atoms with Crippen LogP contribution < -0.4 is 14.2 Å². The Morgan fingerprint density at radius 2 is 1.65 bits per heavy atom. The number of carbonyl (C=O) groups is 1. The minimum atomic E-state index is -1.14. The SMILES string of the molecule is COc1cc(OC)nc(Oc2cccc(-c3ccncc3)c2C(=O)O)n1. The van der Waals surface area contributed by atoms with Crippen LogP contribution >= 0.6 is 0 Å². The first-order valence-corrected chi connectivity index (χ1v) is 7.54. The van der Waals surface area contributed by atoms with E-state index in [2.05, 4.69) is 15.0 Å². The van der Waals surface area contributed by atoms with Crippen LogP contribution in [0.3, 0.4) is 0 Å². The average Bonchev–Trinajstić information content (AvgIpc) is 2.68. The summed E-state index contributed by atoms with van der Waals surface area (Å²) in [4.78, 5) is 23.9. The van der Waals surface area contributed by atoms with Crippen molar-refractivity contribution in [3.63, 3.8) is 0 Å². The third-order valence-electron chi connectivity index (χ3n) is 3.51. The Balaban J connectivity index is 2.07. The molecule has 3 rings (SSSR count). The molecular weight excluding hydrogens is 338 g/mol. The predicted octanol–water partition coefficient (Wildman–Crippen LogP) is 3.05. The van der Waals surface area contributed by atoms with E-state index in [1.54, 1.807) is 36.7 Å². The van der Waals surface area contributed by atoms with E-state index in [1.807, 2.05) is 0 Å². The van der Waals surface area contributed by atoms with E-state index in [0.717, 1.165) is 0 Å². The molecule has 0 bridgehead atoms. The average molecular weight is 353 g/mol. The Hall–Kier alpha value is -3.68. The lowest BCUT2D eigenvalue weighted by atomic mass is 10.00. The van der Waals surface area contributed by atoms with Crippen LogP contribution in [-0.2, 0) is 0 Å². The summed E-state index contributed by atoms with van der Waals surface area (Å²) in [6, 6.07) is 9.75. The van der Waals surface area contributed by atoms with Gasteiger partial charge in [0, 0.05) is 18.0 Å². The summed E-state index contributed by atoms with van der Waals surface area (Å²) >= 11 is 0. The Morgan fingerprint density at radius 1 is 1.00 bits per heavy atom. The van der Waals surface area contributed by atoms with Crippen molar-refractivity contribution >= 4 is 5.97 Å². The number of methoxy groups -OCH3 is 2. The lowest BCUT2D eigenvalue weighted by Crippen LogP contribution is -2.05. The molecule has 0 unspecified atom stereocenters. The lowest BCUT2D eigenvalue weighted by Gasteiger charge is -2.12.